The smallest absolute Gasteiger partial charge is 0.219 e. The Morgan fingerprint density at radius 3 is 2.62 bits per heavy atom. The maximum absolute atomic E-state index is 6.13. The largest absolute Gasteiger partial charge is 0.437 e. The van der Waals surface area contributed by atoms with E-state index in [1.807, 2.05) is 6.92 Å². The van der Waals surface area contributed by atoms with E-state index in [4.69, 9.17) is 39.5 Å². The summed E-state index contributed by atoms with van der Waals surface area (Å²) in [5.74, 6) is 0.849. The average molecular weight is 411 g/mol. The van der Waals surface area contributed by atoms with Crippen molar-refractivity contribution < 1.29 is 4.74 Å². The van der Waals surface area contributed by atoms with Gasteiger partial charge in [0.1, 0.15) is 5.75 Å². The zero-order valence-corrected chi connectivity index (χ0v) is 14.9. The molecule has 0 unspecified atom stereocenters. The third-order valence-corrected chi connectivity index (χ3v) is 4.50. The van der Waals surface area contributed by atoms with Crippen LogP contribution < -0.4 is 10.1 Å². The first-order chi connectivity index (χ1) is 10.0. The van der Waals surface area contributed by atoms with Crippen LogP contribution in [0.25, 0.3) is 0 Å². The summed E-state index contributed by atoms with van der Waals surface area (Å²) in [6.07, 6.45) is 1.55. The van der Waals surface area contributed by atoms with Crippen molar-refractivity contribution in [3.63, 3.8) is 0 Å². The second kappa shape index (κ2) is 7.65. The third kappa shape index (κ3) is 4.47. The Kier molecular flexibility index (Phi) is 6.14. The highest BCUT2D eigenvalue weighted by Gasteiger charge is 2.10. The van der Waals surface area contributed by atoms with Gasteiger partial charge in [-0.25, -0.2) is 4.98 Å². The lowest BCUT2D eigenvalue weighted by Crippen LogP contribution is -2.12. The van der Waals surface area contributed by atoms with E-state index < -0.39 is 0 Å². The molecule has 7 heteroatoms. The van der Waals surface area contributed by atoms with Crippen LogP contribution in [0.15, 0.2) is 28.9 Å². The van der Waals surface area contributed by atoms with Crippen molar-refractivity contribution in [2.45, 2.75) is 13.5 Å². The van der Waals surface area contributed by atoms with E-state index in [1.54, 1.807) is 24.4 Å². The van der Waals surface area contributed by atoms with Crippen molar-refractivity contribution in [3.8, 4) is 11.6 Å². The van der Waals surface area contributed by atoms with Gasteiger partial charge in [0.15, 0.2) is 0 Å². The maximum Gasteiger partial charge on any atom is 0.219 e. The summed E-state index contributed by atoms with van der Waals surface area (Å²) in [6.45, 7) is 3.52. The summed E-state index contributed by atoms with van der Waals surface area (Å²) >= 11 is 21.6. The van der Waals surface area contributed by atoms with Crippen molar-refractivity contribution in [1.82, 2.24) is 10.3 Å². The second-order valence-electron chi connectivity index (χ2n) is 4.19. The fraction of sp³-hybridized carbons (Fsp3) is 0.214. The van der Waals surface area contributed by atoms with Gasteiger partial charge in [-0.3, -0.25) is 0 Å². The highest BCUT2D eigenvalue weighted by molar-refractivity contribution is 9.10. The van der Waals surface area contributed by atoms with E-state index in [1.165, 1.54) is 0 Å². The molecule has 0 amide bonds. The number of hydrogen-bond donors (Lipinski definition) is 1. The van der Waals surface area contributed by atoms with Gasteiger partial charge in [0, 0.05) is 29.3 Å². The molecule has 0 aliphatic heterocycles. The summed E-state index contributed by atoms with van der Waals surface area (Å²) in [5.41, 5.74) is 0.905. The molecular formula is C14H12BrCl3N2O. The predicted molar refractivity (Wildman–Crippen MR) is 90.9 cm³/mol. The molecule has 0 spiro atoms. The van der Waals surface area contributed by atoms with E-state index in [-0.39, 0.29) is 0 Å². The number of hydrogen-bond acceptors (Lipinski definition) is 3. The lowest BCUT2D eigenvalue weighted by Gasteiger charge is -2.10. The Morgan fingerprint density at radius 1 is 1.14 bits per heavy atom. The van der Waals surface area contributed by atoms with Gasteiger partial charge in [0.05, 0.1) is 15.1 Å². The summed E-state index contributed by atoms with van der Waals surface area (Å²) in [4.78, 5) is 4.14. The average Bonchev–Trinajstić information content (AvgIpc) is 2.45. The number of halogens is 4. The quantitative estimate of drug-likeness (QED) is 0.642. The summed E-state index contributed by atoms with van der Waals surface area (Å²) in [6, 6.07) is 5.08. The lowest BCUT2D eigenvalue weighted by molar-refractivity contribution is 0.462. The van der Waals surface area contributed by atoms with E-state index >= 15 is 0 Å². The zero-order chi connectivity index (χ0) is 15.4. The lowest BCUT2D eigenvalue weighted by atomic mass is 10.2. The van der Waals surface area contributed by atoms with E-state index in [0.29, 0.717) is 37.7 Å². The Morgan fingerprint density at radius 2 is 1.90 bits per heavy atom. The van der Waals surface area contributed by atoms with E-state index in [2.05, 4.69) is 26.2 Å². The van der Waals surface area contributed by atoms with Crippen molar-refractivity contribution in [3.05, 3.63) is 49.5 Å². The van der Waals surface area contributed by atoms with Gasteiger partial charge < -0.3 is 10.1 Å². The number of aromatic nitrogens is 1. The third-order valence-electron chi connectivity index (χ3n) is 2.66. The molecule has 0 saturated heterocycles. The molecule has 1 aromatic heterocycles. The molecular weight excluding hydrogens is 398 g/mol. The molecule has 0 atom stereocenters. The van der Waals surface area contributed by atoms with Crippen LogP contribution in [0.2, 0.25) is 15.1 Å². The normalized spacial score (nSPS) is 10.7. The Balaban J connectivity index is 2.25. The van der Waals surface area contributed by atoms with Gasteiger partial charge in [0.25, 0.3) is 0 Å². The van der Waals surface area contributed by atoms with Crippen molar-refractivity contribution in [2.75, 3.05) is 6.54 Å². The molecule has 21 heavy (non-hydrogen) atoms. The first kappa shape index (κ1) is 16.8. The summed E-state index contributed by atoms with van der Waals surface area (Å²) < 4.78 is 6.39. The number of rotatable bonds is 5. The fourth-order valence-corrected chi connectivity index (χ4v) is 2.61. The topological polar surface area (TPSA) is 34.1 Å². The molecule has 0 aliphatic carbocycles. The molecule has 112 valence electrons. The molecule has 2 rings (SSSR count). The van der Waals surface area contributed by atoms with Crippen LogP contribution in [-0.2, 0) is 6.54 Å². The van der Waals surface area contributed by atoms with Crippen LogP contribution >= 0.6 is 50.7 Å². The number of pyridine rings is 1. The molecule has 0 radical (unpaired) electrons. The number of benzene rings is 1. The second-order valence-corrected chi connectivity index (χ2v) is 6.27. The molecule has 1 N–H and O–H groups in total. The molecule has 1 aromatic carbocycles. The monoisotopic (exact) mass is 408 g/mol. The first-order valence-electron chi connectivity index (χ1n) is 6.18. The predicted octanol–water partition coefficient (Wildman–Crippen LogP) is 5.71. The van der Waals surface area contributed by atoms with Gasteiger partial charge in [-0.1, -0.05) is 41.7 Å². The van der Waals surface area contributed by atoms with Crippen LogP contribution in [0.1, 0.15) is 12.5 Å². The Labute approximate surface area is 146 Å². The zero-order valence-electron chi connectivity index (χ0n) is 11.1. The van der Waals surface area contributed by atoms with Crippen LogP contribution in [0, 0.1) is 0 Å². The molecule has 0 aliphatic rings. The number of nitrogens with zero attached hydrogens (tertiary/aromatic N) is 1. The van der Waals surface area contributed by atoms with Gasteiger partial charge in [-0.2, -0.15) is 0 Å². The highest BCUT2D eigenvalue weighted by atomic mass is 79.9. The van der Waals surface area contributed by atoms with Gasteiger partial charge >= 0.3 is 0 Å². The van der Waals surface area contributed by atoms with Gasteiger partial charge in [0.2, 0.25) is 5.88 Å². The minimum Gasteiger partial charge on any atom is -0.437 e. The van der Waals surface area contributed by atoms with Crippen LogP contribution in [0.5, 0.6) is 11.6 Å². The minimum absolute atomic E-state index is 0.410. The van der Waals surface area contributed by atoms with E-state index in [9.17, 15) is 0 Å². The molecule has 3 nitrogen and oxygen atoms in total. The molecule has 2 aromatic rings. The Hall–Kier alpha value is -0.520. The standard InChI is InChI=1S/C14H12BrCl3N2O/c1-2-19-6-8-3-14(20-7-12(8)18)21-13-5-10(16)9(15)4-11(13)17/h3-5,7,19H,2,6H2,1H3. The Bertz CT molecular complexity index is 652. The maximum atomic E-state index is 6.13. The van der Waals surface area contributed by atoms with Crippen molar-refractivity contribution in [1.29, 1.82) is 0 Å². The summed E-state index contributed by atoms with van der Waals surface area (Å²) in [7, 11) is 0. The SMILES string of the molecule is CCNCc1cc(Oc2cc(Cl)c(Br)cc2Cl)ncc1Cl. The highest BCUT2D eigenvalue weighted by Crippen LogP contribution is 2.36. The minimum atomic E-state index is 0.410. The van der Waals surface area contributed by atoms with Crippen LogP contribution in [0.4, 0.5) is 0 Å². The van der Waals surface area contributed by atoms with Crippen LogP contribution in [0.3, 0.4) is 0 Å². The molecule has 0 bridgehead atoms. The van der Waals surface area contributed by atoms with Crippen LogP contribution in [-0.4, -0.2) is 11.5 Å². The van der Waals surface area contributed by atoms with E-state index in [0.717, 1.165) is 12.1 Å². The van der Waals surface area contributed by atoms with Crippen molar-refractivity contribution in [2.24, 2.45) is 0 Å². The van der Waals surface area contributed by atoms with Crippen molar-refractivity contribution >= 4 is 50.7 Å². The van der Waals surface area contributed by atoms with Gasteiger partial charge in [-0.05, 0) is 34.1 Å². The first-order valence-corrected chi connectivity index (χ1v) is 8.11. The molecule has 1 heterocycles. The summed E-state index contributed by atoms with van der Waals surface area (Å²) in [5, 5.41) is 4.74. The fourth-order valence-electron chi connectivity index (χ4n) is 1.60. The number of nitrogens with one attached hydrogen (secondary N) is 1. The molecule has 0 saturated carbocycles. The van der Waals surface area contributed by atoms with Gasteiger partial charge in [-0.15, -0.1) is 0 Å². The molecule has 0 fully saturated rings. The number of ether oxygens (including phenoxy) is 1.